The normalized spacial score (nSPS) is 12.2. The molecule has 2 N–H and O–H groups in total. The Morgan fingerprint density at radius 1 is 1.90 bits per heavy atom. The summed E-state index contributed by atoms with van der Waals surface area (Å²) in [4.78, 5) is 0. The van der Waals surface area contributed by atoms with Crippen molar-refractivity contribution in [1.82, 2.24) is 20.2 Å². The molecule has 0 saturated heterocycles. The molecule has 5 nitrogen and oxygen atoms in total. The third-order valence-corrected chi connectivity index (χ3v) is 1.15. The first-order valence-electron chi connectivity index (χ1n) is 2.39. The topological polar surface area (TPSA) is 66.7 Å². The molecule has 1 atom stereocenters. The number of aliphatic hydroxyl groups is 1. The predicted molar refractivity (Wildman–Crippen MR) is 33.2 cm³/mol. The average Bonchev–Trinajstić information content (AvgIpc) is 2.13. The average molecular weight is 170 g/mol. The molecule has 7 heteroatoms. The van der Waals surface area contributed by atoms with Crippen molar-refractivity contribution >= 4 is 12.2 Å². The Hall–Kier alpha value is 0.250. The Balaban J connectivity index is 0. The summed E-state index contributed by atoms with van der Waals surface area (Å²) in [6.45, 7) is 1.57. The molecular weight excluding hydrogens is 163 g/mol. The minimum absolute atomic E-state index is 0. The van der Waals surface area contributed by atoms with Crippen molar-refractivity contribution in [2.45, 2.75) is 13.2 Å². The molecule has 10 heavy (non-hydrogen) atoms. The summed E-state index contributed by atoms with van der Waals surface area (Å²) in [6, 6.07) is 0. The van der Waals surface area contributed by atoms with Gasteiger partial charge in [0, 0.05) is 0 Å². The minimum atomic E-state index is -0.688. The van der Waals surface area contributed by atoms with E-state index in [1.54, 1.807) is 6.92 Å². The van der Waals surface area contributed by atoms with E-state index in [4.69, 9.17) is 5.11 Å². The fraction of sp³-hybridized carbons (Fsp3) is 0.667. The second-order valence-electron chi connectivity index (χ2n) is 1.58. The van der Waals surface area contributed by atoms with Gasteiger partial charge < -0.3 is 6.53 Å². The zero-order valence-electron chi connectivity index (χ0n) is 6.77. The van der Waals surface area contributed by atoms with Crippen LogP contribution < -0.4 is 29.6 Å². The molecule has 0 aliphatic carbocycles. The summed E-state index contributed by atoms with van der Waals surface area (Å²) in [5.41, 5.74) is 0. The molecule has 0 saturated carbocycles. The smallest absolute Gasteiger partial charge is 1.00 e. The second kappa shape index (κ2) is 4.20. The maximum absolute atomic E-state index is 8.88. The number of nitrogens with one attached hydrogen (secondary N) is 1. The third-order valence-electron chi connectivity index (χ3n) is 0.868. The molecule has 0 radical (unpaired) electrons. The zero-order chi connectivity index (χ0) is 6.85. The molecule has 1 rings (SSSR count). The van der Waals surface area contributed by atoms with E-state index in [-0.39, 0.29) is 35.8 Å². The Morgan fingerprint density at radius 2 is 2.50 bits per heavy atom. The van der Waals surface area contributed by atoms with Crippen LogP contribution in [0.2, 0.25) is 0 Å². The maximum Gasteiger partial charge on any atom is 1.00 e. The fourth-order valence-electron chi connectivity index (χ4n) is 0.448. The number of aromatic nitrogens is 4. The van der Waals surface area contributed by atoms with E-state index in [1.165, 1.54) is 4.68 Å². The molecule has 0 bridgehead atoms. The van der Waals surface area contributed by atoms with E-state index in [2.05, 4.69) is 27.7 Å². The van der Waals surface area contributed by atoms with Gasteiger partial charge in [0.2, 0.25) is 4.77 Å². The molecule has 1 heterocycles. The van der Waals surface area contributed by atoms with Gasteiger partial charge in [0.15, 0.2) is 0 Å². The van der Waals surface area contributed by atoms with Gasteiger partial charge in [-0.15, -0.1) is 0 Å². The molecule has 1 aromatic heterocycles. The summed E-state index contributed by atoms with van der Waals surface area (Å²) >= 11 is 4.66. The maximum atomic E-state index is 8.88. The number of H-pyrrole nitrogens is 1. The largest absolute Gasteiger partial charge is 1.00 e. The van der Waals surface area contributed by atoms with Crippen LogP contribution in [0.25, 0.3) is 0 Å². The summed E-state index contributed by atoms with van der Waals surface area (Å²) in [5, 5.41) is 18.1. The van der Waals surface area contributed by atoms with Crippen LogP contribution in [-0.4, -0.2) is 25.3 Å². The standard InChI is InChI=1S/C3H6N4OS.Na.H/c1-2(8)7-3(9)4-5-6-7;;/h2,8H,1H3,(H,4,6,9);;/q;+1;-1. The van der Waals surface area contributed by atoms with Gasteiger partial charge in [-0.2, -0.15) is 5.21 Å². The number of hydrogen-bond acceptors (Lipinski definition) is 4. The Labute approximate surface area is 86.2 Å². The van der Waals surface area contributed by atoms with Crippen LogP contribution in [0.3, 0.4) is 0 Å². The van der Waals surface area contributed by atoms with Crippen molar-refractivity contribution in [1.29, 1.82) is 0 Å². The van der Waals surface area contributed by atoms with Crippen LogP contribution in [0.4, 0.5) is 0 Å². The van der Waals surface area contributed by atoms with E-state index >= 15 is 0 Å². The van der Waals surface area contributed by atoms with Crippen molar-refractivity contribution in [3.63, 3.8) is 0 Å². The Kier molecular flexibility index (Phi) is 4.30. The molecule has 1 unspecified atom stereocenters. The molecule has 0 spiro atoms. The summed E-state index contributed by atoms with van der Waals surface area (Å²) < 4.78 is 1.53. The molecular formula is C3H7N4NaOS. The van der Waals surface area contributed by atoms with Crippen LogP contribution in [0.1, 0.15) is 14.6 Å². The number of aromatic amines is 1. The first kappa shape index (κ1) is 10.2. The first-order chi connectivity index (χ1) is 4.22. The third kappa shape index (κ3) is 2.14. The molecule has 0 fully saturated rings. The van der Waals surface area contributed by atoms with Gasteiger partial charge in [-0.3, -0.25) is 0 Å². The van der Waals surface area contributed by atoms with Crippen molar-refractivity contribution in [3.05, 3.63) is 4.77 Å². The molecule has 0 aliphatic heterocycles. The minimum Gasteiger partial charge on any atom is -1.00 e. The molecule has 1 aromatic rings. The Morgan fingerprint density at radius 3 is 2.70 bits per heavy atom. The SMILES string of the molecule is CC(O)n1[nH]nnc1=S.[H-].[Na+]. The van der Waals surface area contributed by atoms with Gasteiger partial charge in [0.05, 0.1) is 0 Å². The number of aliphatic hydroxyl groups excluding tert-OH is 1. The van der Waals surface area contributed by atoms with Crippen molar-refractivity contribution in [2.75, 3.05) is 0 Å². The summed E-state index contributed by atoms with van der Waals surface area (Å²) in [5.74, 6) is 0. The molecule has 52 valence electrons. The van der Waals surface area contributed by atoms with Gasteiger partial charge in [0.25, 0.3) is 0 Å². The zero-order valence-corrected chi connectivity index (χ0v) is 8.59. The second-order valence-corrected chi connectivity index (χ2v) is 1.95. The first-order valence-corrected chi connectivity index (χ1v) is 2.80. The number of hydrogen-bond donors (Lipinski definition) is 2. The molecule has 0 amide bonds. The predicted octanol–water partition coefficient (Wildman–Crippen LogP) is -3.04. The molecule has 0 aromatic carbocycles. The van der Waals surface area contributed by atoms with Gasteiger partial charge in [-0.1, -0.05) is 10.3 Å². The van der Waals surface area contributed by atoms with E-state index in [9.17, 15) is 0 Å². The van der Waals surface area contributed by atoms with Gasteiger partial charge >= 0.3 is 29.6 Å². The Bertz CT molecular complexity index is 247. The number of rotatable bonds is 1. The van der Waals surface area contributed by atoms with Crippen LogP contribution in [0.5, 0.6) is 0 Å². The van der Waals surface area contributed by atoms with Gasteiger partial charge in [-0.25, -0.2) is 4.68 Å². The van der Waals surface area contributed by atoms with E-state index in [0.717, 1.165) is 0 Å². The van der Waals surface area contributed by atoms with Crippen molar-refractivity contribution < 1.29 is 36.1 Å². The van der Waals surface area contributed by atoms with Crippen molar-refractivity contribution in [3.8, 4) is 0 Å². The summed E-state index contributed by atoms with van der Waals surface area (Å²) in [6.07, 6.45) is -0.688. The summed E-state index contributed by atoms with van der Waals surface area (Å²) in [7, 11) is 0. The van der Waals surface area contributed by atoms with Crippen LogP contribution in [0.15, 0.2) is 0 Å². The van der Waals surface area contributed by atoms with Crippen LogP contribution >= 0.6 is 12.2 Å². The fourth-order valence-corrected chi connectivity index (χ4v) is 0.682. The van der Waals surface area contributed by atoms with E-state index in [0.29, 0.717) is 0 Å². The van der Waals surface area contributed by atoms with E-state index in [1.807, 2.05) is 0 Å². The molecule has 0 aliphatic rings. The monoisotopic (exact) mass is 170 g/mol. The van der Waals surface area contributed by atoms with E-state index < -0.39 is 6.23 Å². The van der Waals surface area contributed by atoms with Gasteiger partial charge in [0.1, 0.15) is 6.23 Å². The van der Waals surface area contributed by atoms with Crippen LogP contribution in [-0.2, 0) is 0 Å². The number of tetrazole rings is 1. The van der Waals surface area contributed by atoms with Crippen molar-refractivity contribution in [2.24, 2.45) is 0 Å². The quantitative estimate of drug-likeness (QED) is 0.347. The van der Waals surface area contributed by atoms with Crippen LogP contribution in [0, 0.1) is 4.77 Å². The van der Waals surface area contributed by atoms with Gasteiger partial charge in [-0.05, 0) is 19.1 Å². The number of nitrogens with zero attached hydrogens (tertiary/aromatic N) is 3.